The quantitative estimate of drug-likeness (QED) is 0.668. The Balaban J connectivity index is 2.22. The van der Waals surface area contributed by atoms with E-state index in [2.05, 4.69) is 49.7 Å². The number of hydrogen-bond acceptors (Lipinski definition) is 3. The molecule has 3 atom stereocenters. The van der Waals surface area contributed by atoms with Gasteiger partial charge in [0.1, 0.15) is 0 Å². The summed E-state index contributed by atoms with van der Waals surface area (Å²) in [5, 5.41) is 3.86. The zero-order valence-electron chi connectivity index (χ0n) is 15.2. The van der Waals surface area contributed by atoms with E-state index in [1.165, 1.54) is 65.0 Å². The first kappa shape index (κ1) is 18.9. The number of nitrogens with one attached hydrogen (secondary N) is 1. The summed E-state index contributed by atoms with van der Waals surface area (Å²) in [5.41, 5.74) is 0. The highest BCUT2D eigenvalue weighted by molar-refractivity contribution is 4.81. The second-order valence-electron chi connectivity index (χ2n) is 6.82. The first-order chi connectivity index (χ1) is 10.1. The van der Waals surface area contributed by atoms with Crippen LogP contribution in [-0.2, 0) is 0 Å². The van der Waals surface area contributed by atoms with Crippen LogP contribution < -0.4 is 5.32 Å². The van der Waals surface area contributed by atoms with E-state index in [0.29, 0.717) is 12.1 Å². The van der Waals surface area contributed by atoms with Crippen molar-refractivity contribution in [2.24, 2.45) is 5.92 Å². The van der Waals surface area contributed by atoms with Crippen molar-refractivity contribution < 1.29 is 0 Å². The molecule has 0 bridgehead atoms. The molecule has 0 amide bonds. The van der Waals surface area contributed by atoms with Crippen molar-refractivity contribution in [3.63, 3.8) is 0 Å². The van der Waals surface area contributed by atoms with Gasteiger partial charge in [-0.15, -0.1) is 0 Å². The third-order valence-electron chi connectivity index (χ3n) is 5.25. The number of nitrogens with zero attached hydrogens (tertiary/aromatic N) is 2. The lowest BCUT2D eigenvalue weighted by atomic mass is 9.91. The van der Waals surface area contributed by atoms with Crippen LogP contribution in [0.5, 0.6) is 0 Å². The summed E-state index contributed by atoms with van der Waals surface area (Å²) in [5.74, 6) is 0.837. The molecule has 0 aliphatic carbocycles. The molecular formula is C18H39N3. The topological polar surface area (TPSA) is 18.5 Å². The van der Waals surface area contributed by atoms with Gasteiger partial charge in [0.15, 0.2) is 0 Å². The van der Waals surface area contributed by atoms with Gasteiger partial charge in [-0.25, -0.2) is 0 Å². The van der Waals surface area contributed by atoms with Crippen LogP contribution in [0.4, 0.5) is 0 Å². The van der Waals surface area contributed by atoms with Crippen LogP contribution in [0.1, 0.15) is 60.3 Å². The Morgan fingerprint density at radius 2 is 1.90 bits per heavy atom. The SMILES string of the molecule is CCN(CC)CCCC(C)NC(C)C1CCCN(CC)C1. The van der Waals surface area contributed by atoms with Gasteiger partial charge in [0.2, 0.25) is 0 Å². The van der Waals surface area contributed by atoms with Crippen LogP contribution in [0.25, 0.3) is 0 Å². The van der Waals surface area contributed by atoms with Crippen molar-refractivity contribution in [3.05, 3.63) is 0 Å². The Morgan fingerprint density at radius 3 is 2.52 bits per heavy atom. The smallest absolute Gasteiger partial charge is 0.00816 e. The lowest BCUT2D eigenvalue weighted by molar-refractivity contribution is 0.152. The Hall–Kier alpha value is -0.120. The molecule has 0 aromatic carbocycles. The third-order valence-corrected chi connectivity index (χ3v) is 5.25. The first-order valence-corrected chi connectivity index (χ1v) is 9.31. The average Bonchev–Trinajstić information content (AvgIpc) is 2.51. The Bertz CT molecular complexity index is 253. The van der Waals surface area contributed by atoms with Gasteiger partial charge >= 0.3 is 0 Å². The molecule has 3 heteroatoms. The van der Waals surface area contributed by atoms with Crippen LogP contribution in [0.3, 0.4) is 0 Å². The van der Waals surface area contributed by atoms with Crippen LogP contribution in [-0.4, -0.2) is 61.2 Å². The van der Waals surface area contributed by atoms with Crippen molar-refractivity contribution in [1.82, 2.24) is 15.1 Å². The van der Waals surface area contributed by atoms with Crippen molar-refractivity contribution in [2.45, 2.75) is 72.4 Å². The zero-order chi connectivity index (χ0) is 15.7. The zero-order valence-corrected chi connectivity index (χ0v) is 15.2. The van der Waals surface area contributed by atoms with Gasteiger partial charge < -0.3 is 15.1 Å². The molecule has 1 saturated heterocycles. The Morgan fingerprint density at radius 1 is 1.19 bits per heavy atom. The van der Waals surface area contributed by atoms with E-state index >= 15 is 0 Å². The van der Waals surface area contributed by atoms with Gasteiger partial charge in [0.25, 0.3) is 0 Å². The molecule has 21 heavy (non-hydrogen) atoms. The second-order valence-corrected chi connectivity index (χ2v) is 6.82. The summed E-state index contributed by atoms with van der Waals surface area (Å²) in [6.45, 7) is 19.0. The van der Waals surface area contributed by atoms with Gasteiger partial charge in [-0.3, -0.25) is 0 Å². The van der Waals surface area contributed by atoms with Gasteiger partial charge in [-0.1, -0.05) is 20.8 Å². The minimum absolute atomic E-state index is 0.646. The summed E-state index contributed by atoms with van der Waals surface area (Å²) in [7, 11) is 0. The number of hydrogen-bond donors (Lipinski definition) is 1. The molecule has 0 radical (unpaired) electrons. The molecular weight excluding hydrogens is 258 g/mol. The molecule has 0 aromatic rings. The van der Waals surface area contributed by atoms with Crippen molar-refractivity contribution in [3.8, 4) is 0 Å². The normalized spacial score (nSPS) is 23.4. The highest BCUT2D eigenvalue weighted by Gasteiger charge is 2.24. The van der Waals surface area contributed by atoms with Crippen molar-refractivity contribution >= 4 is 0 Å². The average molecular weight is 298 g/mol. The molecule has 0 spiro atoms. The van der Waals surface area contributed by atoms with E-state index in [9.17, 15) is 0 Å². The van der Waals surface area contributed by atoms with E-state index in [4.69, 9.17) is 0 Å². The highest BCUT2D eigenvalue weighted by Crippen LogP contribution is 2.20. The monoisotopic (exact) mass is 297 g/mol. The first-order valence-electron chi connectivity index (χ1n) is 9.31. The lowest BCUT2D eigenvalue weighted by Crippen LogP contribution is -2.46. The second kappa shape index (κ2) is 10.6. The molecule has 3 unspecified atom stereocenters. The van der Waals surface area contributed by atoms with E-state index in [-0.39, 0.29) is 0 Å². The molecule has 1 aliphatic rings. The van der Waals surface area contributed by atoms with E-state index in [0.717, 1.165) is 5.92 Å². The molecule has 1 fully saturated rings. The van der Waals surface area contributed by atoms with Crippen LogP contribution in [0.15, 0.2) is 0 Å². The molecule has 1 heterocycles. The number of piperidine rings is 1. The van der Waals surface area contributed by atoms with E-state index in [1.54, 1.807) is 0 Å². The molecule has 1 aliphatic heterocycles. The van der Waals surface area contributed by atoms with Crippen molar-refractivity contribution in [1.29, 1.82) is 0 Å². The minimum atomic E-state index is 0.646. The fourth-order valence-electron chi connectivity index (χ4n) is 3.62. The van der Waals surface area contributed by atoms with E-state index in [1.807, 2.05) is 0 Å². The number of likely N-dealkylation sites (tertiary alicyclic amines) is 1. The van der Waals surface area contributed by atoms with Crippen LogP contribution >= 0.6 is 0 Å². The summed E-state index contributed by atoms with van der Waals surface area (Å²) in [6.07, 6.45) is 5.39. The molecule has 1 rings (SSSR count). The summed E-state index contributed by atoms with van der Waals surface area (Å²) in [6, 6.07) is 1.30. The maximum atomic E-state index is 3.86. The molecule has 126 valence electrons. The van der Waals surface area contributed by atoms with Gasteiger partial charge in [0, 0.05) is 18.6 Å². The highest BCUT2D eigenvalue weighted by atomic mass is 15.1. The summed E-state index contributed by atoms with van der Waals surface area (Å²) < 4.78 is 0. The van der Waals surface area contributed by atoms with Gasteiger partial charge in [0.05, 0.1) is 0 Å². The molecule has 1 N–H and O–H groups in total. The molecule has 0 saturated carbocycles. The van der Waals surface area contributed by atoms with Crippen LogP contribution in [0.2, 0.25) is 0 Å². The summed E-state index contributed by atoms with van der Waals surface area (Å²) >= 11 is 0. The Kier molecular flexibility index (Phi) is 9.54. The third kappa shape index (κ3) is 7.12. The minimum Gasteiger partial charge on any atom is -0.311 e. The van der Waals surface area contributed by atoms with Crippen LogP contribution in [0, 0.1) is 5.92 Å². The molecule has 0 aromatic heterocycles. The fourth-order valence-corrected chi connectivity index (χ4v) is 3.62. The Labute approximate surface area is 133 Å². The predicted octanol–water partition coefficient (Wildman–Crippen LogP) is 3.21. The molecule has 3 nitrogen and oxygen atoms in total. The lowest BCUT2D eigenvalue weighted by Gasteiger charge is -2.36. The maximum Gasteiger partial charge on any atom is 0.00816 e. The predicted molar refractivity (Wildman–Crippen MR) is 93.9 cm³/mol. The maximum absolute atomic E-state index is 3.86. The summed E-state index contributed by atoms with van der Waals surface area (Å²) in [4.78, 5) is 5.13. The van der Waals surface area contributed by atoms with E-state index < -0.39 is 0 Å². The number of rotatable bonds is 10. The largest absolute Gasteiger partial charge is 0.311 e. The standard InChI is InChI=1S/C18H39N3/c1-6-20(7-2)13-9-11-16(4)19-17(5)18-12-10-14-21(8-3)15-18/h16-19H,6-15H2,1-5H3. The van der Waals surface area contributed by atoms with Gasteiger partial charge in [-0.2, -0.15) is 0 Å². The van der Waals surface area contributed by atoms with Gasteiger partial charge in [-0.05, 0) is 78.2 Å². The fraction of sp³-hybridized carbons (Fsp3) is 1.00. The van der Waals surface area contributed by atoms with Crippen molar-refractivity contribution in [2.75, 3.05) is 39.3 Å².